The summed E-state index contributed by atoms with van der Waals surface area (Å²) in [6.45, 7) is 0.506. The minimum atomic E-state index is 0.497. The van der Waals surface area contributed by atoms with Gasteiger partial charge in [-0.1, -0.05) is 6.07 Å². The molecule has 0 radical (unpaired) electrons. The lowest BCUT2D eigenvalue weighted by molar-refractivity contribution is 0.518. The van der Waals surface area contributed by atoms with Crippen LogP contribution in [0.5, 0.6) is 0 Å². The van der Waals surface area contributed by atoms with Gasteiger partial charge in [-0.2, -0.15) is 5.26 Å². The summed E-state index contributed by atoms with van der Waals surface area (Å²) >= 11 is 0. The van der Waals surface area contributed by atoms with Crippen molar-refractivity contribution in [2.75, 3.05) is 5.32 Å². The first-order valence-electron chi connectivity index (χ1n) is 5.52. The summed E-state index contributed by atoms with van der Waals surface area (Å²) in [6, 6.07) is 11.5. The summed E-state index contributed by atoms with van der Waals surface area (Å²) in [5.41, 5.74) is 1.24. The van der Waals surface area contributed by atoms with E-state index in [1.165, 1.54) is 0 Å². The maximum absolute atomic E-state index is 9.19. The summed E-state index contributed by atoms with van der Waals surface area (Å²) in [5, 5.41) is 12.3. The van der Waals surface area contributed by atoms with Crippen molar-refractivity contribution in [3.8, 4) is 6.07 Å². The monoisotopic (exact) mass is 238 g/mol. The Kier molecular flexibility index (Phi) is 2.47. The molecule has 5 heteroatoms. The average molecular weight is 238 g/mol. The van der Waals surface area contributed by atoms with Crippen molar-refractivity contribution < 1.29 is 4.42 Å². The maximum atomic E-state index is 9.19. The molecule has 0 fully saturated rings. The quantitative estimate of drug-likeness (QED) is 0.760. The molecular formula is C13H10N4O. The number of hydrogen-bond acceptors (Lipinski definition) is 4. The Morgan fingerprint density at radius 3 is 3.06 bits per heavy atom. The van der Waals surface area contributed by atoms with Crippen molar-refractivity contribution in [1.29, 1.82) is 5.26 Å². The van der Waals surface area contributed by atoms with Crippen LogP contribution in [0.25, 0.3) is 5.65 Å². The van der Waals surface area contributed by atoms with Crippen molar-refractivity contribution in [3.63, 3.8) is 0 Å². The summed E-state index contributed by atoms with van der Waals surface area (Å²) in [6.07, 6.45) is 3.44. The molecule has 18 heavy (non-hydrogen) atoms. The van der Waals surface area contributed by atoms with Gasteiger partial charge in [-0.3, -0.25) is 4.40 Å². The highest BCUT2D eigenvalue weighted by Crippen LogP contribution is 2.17. The van der Waals surface area contributed by atoms with Crippen LogP contribution >= 0.6 is 0 Å². The Balaban J connectivity index is 1.94. The lowest BCUT2D eigenvalue weighted by atomic mass is 10.4. The Hall–Kier alpha value is -2.74. The molecule has 0 unspecified atom stereocenters. The topological polar surface area (TPSA) is 66.3 Å². The Labute approximate surface area is 103 Å². The van der Waals surface area contributed by atoms with E-state index < -0.39 is 0 Å². The fourth-order valence-corrected chi connectivity index (χ4v) is 1.81. The number of imidazole rings is 1. The van der Waals surface area contributed by atoms with Gasteiger partial charge in [0.1, 0.15) is 17.5 Å². The second kappa shape index (κ2) is 4.26. The van der Waals surface area contributed by atoms with Crippen LogP contribution in [0.1, 0.15) is 11.5 Å². The standard InChI is InChI=1S/C13H10N4O/c14-8-11-13(15-9-10-4-3-7-18-10)16-12-5-1-2-6-17(11)12/h1-7,15H,9H2. The van der Waals surface area contributed by atoms with Gasteiger partial charge in [-0.05, 0) is 24.3 Å². The predicted molar refractivity (Wildman–Crippen MR) is 65.9 cm³/mol. The number of aromatic nitrogens is 2. The highest BCUT2D eigenvalue weighted by Gasteiger charge is 2.10. The number of nitrogens with one attached hydrogen (secondary N) is 1. The number of fused-ring (bicyclic) bond motifs is 1. The fraction of sp³-hybridized carbons (Fsp3) is 0.0769. The Morgan fingerprint density at radius 2 is 2.28 bits per heavy atom. The van der Waals surface area contributed by atoms with E-state index in [4.69, 9.17) is 4.42 Å². The van der Waals surface area contributed by atoms with E-state index >= 15 is 0 Å². The first kappa shape index (κ1) is 10.4. The number of furan rings is 1. The number of nitriles is 1. The van der Waals surface area contributed by atoms with Gasteiger partial charge >= 0.3 is 0 Å². The van der Waals surface area contributed by atoms with E-state index in [2.05, 4.69) is 16.4 Å². The molecule has 0 amide bonds. The summed E-state index contributed by atoms with van der Waals surface area (Å²) in [4.78, 5) is 4.37. The lowest BCUT2D eigenvalue weighted by Crippen LogP contribution is -2.00. The van der Waals surface area contributed by atoms with Crippen molar-refractivity contribution in [1.82, 2.24) is 9.38 Å². The molecular weight excluding hydrogens is 228 g/mol. The van der Waals surface area contributed by atoms with E-state index in [-0.39, 0.29) is 0 Å². The van der Waals surface area contributed by atoms with Crippen molar-refractivity contribution >= 4 is 11.5 Å². The molecule has 5 nitrogen and oxygen atoms in total. The van der Waals surface area contributed by atoms with Crippen molar-refractivity contribution in [3.05, 3.63) is 54.2 Å². The van der Waals surface area contributed by atoms with Crippen molar-refractivity contribution in [2.24, 2.45) is 0 Å². The van der Waals surface area contributed by atoms with Gasteiger partial charge in [-0.15, -0.1) is 0 Å². The zero-order chi connectivity index (χ0) is 12.4. The second-order valence-corrected chi connectivity index (χ2v) is 3.78. The van der Waals surface area contributed by atoms with Gasteiger partial charge < -0.3 is 9.73 Å². The summed E-state index contributed by atoms with van der Waals surface area (Å²) in [7, 11) is 0. The third-order valence-corrected chi connectivity index (χ3v) is 2.65. The molecule has 1 N–H and O–H groups in total. The van der Waals surface area contributed by atoms with Crippen molar-refractivity contribution in [2.45, 2.75) is 6.54 Å². The van der Waals surface area contributed by atoms with Gasteiger partial charge in [0.25, 0.3) is 0 Å². The van der Waals surface area contributed by atoms with Gasteiger partial charge in [0, 0.05) is 6.20 Å². The normalized spacial score (nSPS) is 10.4. The minimum absolute atomic E-state index is 0.497. The molecule has 0 atom stereocenters. The SMILES string of the molecule is N#Cc1c(NCc2ccco2)nc2ccccn12. The van der Waals surface area contributed by atoms with Crippen LogP contribution < -0.4 is 5.32 Å². The molecule has 0 bridgehead atoms. The predicted octanol–water partition coefficient (Wildman–Crippen LogP) is 2.41. The minimum Gasteiger partial charge on any atom is -0.467 e. The van der Waals surface area contributed by atoms with Gasteiger partial charge in [0.15, 0.2) is 11.5 Å². The van der Waals surface area contributed by atoms with Crippen LogP contribution in [-0.4, -0.2) is 9.38 Å². The molecule has 0 saturated carbocycles. The van der Waals surface area contributed by atoms with Gasteiger partial charge in [-0.25, -0.2) is 4.98 Å². The van der Waals surface area contributed by atoms with Gasteiger partial charge in [0.2, 0.25) is 0 Å². The molecule has 3 heterocycles. The maximum Gasteiger partial charge on any atom is 0.168 e. The lowest BCUT2D eigenvalue weighted by Gasteiger charge is -2.00. The molecule has 0 saturated heterocycles. The molecule has 0 aromatic carbocycles. The molecule has 88 valence electrons. The fourth-order valence-electron chi connectivity index (χ4n) is 1.81. The molecule has 3 aromatic rings. The molecule has 3 aromatic heterocycles. The van der Waals surface area contributed by atoms with E-state index in [0.29, 0.717) is 18.1 Å². The van der Waals surface area contributed by atoms with E-state index in [1.807, 2.05) is 36.5 Å². The summed E-state index contributed by atoms with van der Waals surface area (Å²) < 4.78 is 6.98. The zero-order valence-electron chi connectivity index (χ0n) is 9.50. The smallest absolute Gasteiger partial charge is 0.168 e. The van der Waals surface area contributed by atoms with E-state index in [1.54, 1.807) is 10.7 Å². The molecule has 0 spiro atoms. The van der Waals surface area contributed by atoms with Crippen LogP contribution in [0.2, 0.25) is 0 Å². The molecule has 0 aliphatic rings. The third-order valence-electron chi connectivity index (χ3n) is 2.65. The molecule has 0 aliphatic heterocycles. The van der Waals surface area contributed by atoms with Crippen LogP contribution in [0.4, 0.5) is 5.82 Å². The number of anilines is 1. The van der Waals surface area contributed by atoms with Crippen LogP contribution in [0, 0.1) is 11.3 Å². The highest BCUT2D eigenvalue weighted by molar-refractivity contribution is 5.58. The van der Waals surface area contributed by atoms with Crippen LogP contribution in [0.3, 0.4) is 0 Å². The van der Waals surface area contributed by atoms with Gasteiger partial charge in [0.05, 0.1) is 12.8 Å². The largest absolute Gasteiger partial charge is 0.467 e. The highest BCUT2D eigenvalue weighted by atomic mass is 16.3. The number of pyridine rings is 1. The average Bonchev–Trinajstić information content (AvgIpc) is 3.03. The molecule has 3 rings (SSSR count). The third kappa shape index (κ3) is 1.70. The first-order valence-corrected chi connectivity index (χ1v) is 5.52. The van der Waals surface area contributed by atoms with E-state index in [9.17, 15) is 5.26 Å². The second-order valence-electron chi connectivity index (χ2n) is 3.78. The number of hydrogen-bond donors (Lipinski definition) is 1. The molecule has 0 aliphatic carbocycles. The Bertz CT molecular complexity index is 706. The van der Waals surface area contributed by atoms with Crippen LogP contribution in [-0.2, 0) is 6.54 Å². The zero-order valence-corrected chi connectivity index (χ0v) is 9.50. The number of rotatable bonds is 3. The summed E-state index contributed by atoms with van der Waals surface area (Å²) in [5.74, 6) is 1.37. The number of nitrogens with zero attached hydrogens (tertiary/aromatic N) is 3. The first-order chi connectivity index (χ1) is 8.88. The Morgan fingerprint density at radius 1 is 1.33 bits per heavy atom. The van der Waals surface area contributed by atoms with Crippen LogP contribution in [0.15, 0.2) is 47.2 Å². The van der Waals surface area contributed by atoms with E-state index in [0.717, 1.165) is 11.4 Å².